The quantitative estimate of drug-likeness (QED) is 0.104. The number of azo groups is 2. The number of methoxy groups -OCH3 is 2. The average molecular weight is 718 g/mol. The van der Waals surface area contributed by atoms with Crippen molar-refractivity contribution in [2.24, 2.45) is 20.5 Å². The summed E-state index contributed by atoms with van der Waals surface area (Å²) in [4.78, 5) is 51.0. The Morgan fingerprint density at radius 1 is 0.600 bits per heavy atom. The molecule has 14 heteroatoms. The van der Waals surface area contributed by atoms with Gasteiger partial charge in [0.05, 0.1) is 37.0 Å². The van der Waals surface area contributed by atoms with Crippen LogP contribution in [0.2, 0.25) is 10.0 Å². The van der Waals surface area contributed by atoms with E-state index in [-0.39, 0.29) is 0 Å². The highest BCUT2D eigenvalue weighted by molar-refractivity contribution is 6.31. The van der Waals surface area contributed by atoms with E-state index >= 15 is 0 Å². The summed E-state index contributed by atoms with van der Waals surface area (Å²) in [5, 5.41) is 22.5. The van der Waals surface area contributed by atoms with Gasteiger partial charge in [0, 0.05) is 10.0 Å². The van der Waals surface area contributed by atoms with E-state index < -0.39 is 35.5 Å². The van der Waals surface area contributed by atoms with Crippen LogP contribution in [0.3, 0.4) is 0 Å². The van der Waals surface area contributed by atoms with Gasteiger partial charge < -0.3 is 20.1 Å². The lowest BCUT2D eigenvalue weighted by Crippen LogP contribution is -2.32. The first-order valence-corrected chi connectivity index (χ1v) is 15.9. The van der Waals surface area contributed by atoms with Crippen LogP contribution >= 0.6 is 23.2 Å². The molecule has 0 bridgehead atoms. The van der Waals surface area contributed by atoms with E-state index in [1.54, 1.807) is 72.8 Å². The van der Waals surface area contributed by atoms with Gasteiger partial charge in [0.25, 0.3) is 11.8 Å². The number of ether oxygens (including phenoxy) is 2. The molecule has 4 aromatic carbocycles. The maximum Gasteiger partial charge on any atom is 0.258 e. The minimum absolute atomic E-state index is 0.301. The van der Waals surface area contributed by atoms with Crippen molar-refractivity contribution >= 4 is 69.3 Å². The molecule has 2 N–H and O–H groups in total. The number of benzene rings is 4. The van der Waals surface area contributed by atoms with E-state index in [1.807, 2.05) is 13.8 Å². The van der Waals surface area contributed by atoms with E-state index in [4.69, 9.17) is 32.7 Å². The fourth-order valence-electron chi connectivity index (χ4n) is 4.61. The Hall–Kier alpha value is -5.46. The number of carbonyl (C=O) groups excluding carboxylic acids is 4. The molecule has 12 nitrogen and oxygen atoms in total. The van der Waals surface area contributed by atoms with Crippen molar-refractivity contribution in [2.75, 3.05) is 24.9 Å². The molecule has 0 aromatic heterocycles. The van der Waals surface area contributed by atoms with E-state index in [2.05, 4.69) is 31.1 Å². The smallest absolute Gasteiger partial charge is 0.258 e. The zero-order valence-corrected chi connectivity index (χ0v) is 29.6. The number of hydrogen-bond acceptors (Lipinski definition) is 10. The minimum Gasteiger partial charge on any atom is -0.495 e. The number of aryl methyl sites for hydroxylation is 2. The van der Waals surface area contributed by atoms with Crippen molar-refractivity contribution in [1.82, 2.24) is 0 Å². The number of ketones is 2. The first-order valence-electron chi connectivity index (χ1n) is 15.1. The summed E-state index contributed by atoms with van der Waals surface area (Å²) in [7, 11) is 2.88. The first-order chi connectivity index (χ1) is 23.8. The Morgan fingerprint density at radius 2 is 0.980 bits per heavy atom. The maximum atomic E-state index is 13.1. The summed E-state index contributed by atoms with van der Waals surface area (Å²) in [6.45, 7) is 6.12. The third kappa shape index (κ3) is 9.36. The Morgan fingerprint density at radius 3 is 1.32 bits per heavy atom. The molecule has 0 radical (unpaired) electrons. The van der Waals surface area contributed by atoms with E-state index in [0.29, 0.717) is 55.4 Å². The largest absolute Gasteiger partial charge is 0.495 e. The summed E-state index contributed by atoms with van der Waals surface area (Å²) in [6.07, 6.45) is 0. The van der Waals surface area contributed by atoms with Crippen molar-refractivity contribution in [3.05, 3.63) is 94.0 Å². The fraction of sp³-hybridized carbons (Fsp3) is 0.222. The summed E-state index contributed by atoms with van der Waals surface area (Å²) in [5.41, 5.74) is 4.39. The normalized spacial score (nSPS) is 12.4. The van der Waals surface area contributed by atoms with Crippen LogP contribution in [0, 0.1) is 13.8 Å². The second-order valence-corrected chi connectivity index (χ2v) is 12.0. The van der Waals surface area contributed by atoms with Gasteiger partial charge in [-0.25, -0.2) is 0 Å². The molecule has 258 valence electrons. The molecule has 0 spiro atoms. The van der Waals surface area contributed by atoms with Gasteiger partial charge in [0.15, 0.2) is 11.6 Å². The van der Waals surface area contributed by atoms with Crippen LogP contribution in [0.15, 0.2) is 93.3 Å². The molecule has 0 heterocycles. The molecule has 0 fully saturated rings. The van der Waals surface area contributed by atoms with Crippen LogP contribution in [0.4, 0.5) is 22.7 Å². The van der Waals surface area contributed by atoms with Gasteiger partial charge in [0.1, 0.15) is 11.5 Å². The van der Waals surface area contributed by atoms with Gasteiger partial charge in [-0.05, 0) is 98.5 Å². The van der Waals surface area contributed by atoms with E-state index in [0.717, 1.165) is 11.1 Å². The summed E-state index contributed by atoms with van der Waals surface area (Å²) < 4.78 is 11.1. The molecule has 4 aromatic rings. The molecule has 4 rings (SSSR count). The summed E-state index contributed by atoms with van der Waals surface area (Å²) in [5.74, 6) is -1.78. The second-order valence-electron chi connectivity index (χ2n) is 11.1. The Bertz CT molecular complexity index is 1870. The first kappa shape index (κ1) is 37.4. The molecule has 50 heavy (non-hydrogen) atoms. The minimum atomic E-state index is -1.41. The Kier molecular flexibility index (Phi) is 12.5. The third-order valence-electron chi connectivity index (χ3n) is 7.42. The molecule has 0 aliphatic heterocycles. The zero-order chi connectivity index (χ0) is 36.5. The van der Waals surface area contributed by atoms with Gasteiger partial charge >= 0.3 is 0 Å². The monoisotopic (exact) mass is 716 g/mol. The predicted molar refractivity (Wildman–Crippen MR) is 193 cm³/mol. The number of hydrogen-bond donors (Lipinski definition) is 2. The van der Waals surface area contributed by atoms with Gasteiger partial charge in [-0.15, -0.1) is 0 Å². The zero-order valence-electron chi connectivity index (χ0n) is 28.1. The van der Waals surface area contributed by atoms with Crippen molar-refractivity contribution < 1.29 is 28.7 Å². The van der Waals surface area contributed by atoms with Gasteiger partial charge in [-0.3, -0.25) is 19.2 Å². The molecule has 2 amide bonds. The molecule has 2 unspecified atom stereocenters. The molecule has 0 saturated carbocycles. The Labute approximate surface area is 298 Å². The highest BCUT2D eigenvalue weighted by Crippen LogP contribution is 2.35. The maximum absolute atomic E-state index is 13.1. The van der Waals surface area contributed by atoms with Crippen molar-refractivity contribution in [2.45, 2.75) is 39.8 Å². The Balaban J connectivity index is 1.53. The second kappa shape index (κ2) is 16.8. The number of nitrogens with one attached hydrogen (secondary N) is 2. The standard InChI is InChI=1S/C36H34Cl2N6O6/c1-19-7-11-25(37)17-29(19)41-43-33(21(3)45)35(47)39-27-13-9-23(15-31(27)49-5)24-10-14-28(32(16-24)50-6)40-36(48)34(22(4)46)44-42-30-18-26(38)12-8-20(30)2/h7-18,33-34H,1-6H3,(H,39,47)(H,40,48). The number of amides is 2. The third-order valence-corrected chi connectivity index (χ3v) is 7.89. The fourth-order valence-corrected chi connectivity index (χ4v) is 4.94. The molecular formula is C36H34Cl2N6O6. The van der Waals surface area contributed by atoms with Crippen molar-refractivity contribution in [1.29, 1.82) is 0 Å². The lowest BCUT2D eigenvalue weighted by Gasteiger charge is -2.16. The topological polar surface area (TPSA) is 160 Å². The van der Waals surface area contributed by atoms with Crippen LogP contribution < -0.4 is 20.1 Å². The summed E-state index contributed by atoms with van der Waals surface area (Å²) >= 11 is 12.1. The lowest BCUT2D eigenvalue weighted by molar-refractivity contribution is -0.127. The van der Waals surface area contributed by atoms with Crippen LogP contribution in [0.1, 0.15) is 25.0 Å². The molecule has 2 atom stereocenters. The number of anilines is 2. The van der Waals surface area contributed by atoms with E-state index in [1.165, 1.54) is 28.1 Å². The molecular weight excluding hydrogens is 683 g/mol. The molecule has 0 saturated heterocycles. The molecule has 0 aliphatic carbocycles. The lowest BCUT2D eigenvalue weighted by atomic mass is 10.0. The summed E-state index contributed by atoms with van der Waals surface area (Å²) in [6, 6.07) is 17.4. The molecule has 0 aliphatic rings. The van der Waals surface area contributed by atoms with Crippen LogP contribution in [-0.4, -0.2) is 49.7 Å². The number of carbonyl (C=O) groups is 4. The highest BCUT2D eigenvalue weighted by atomic mass is 35.5. The van der Waals surface area contributed by atoms with Gasteiger partial charge in [-0.2, -0.15) is 20.5 Å². The van der Waals surface area contributed by atoms with Crippen molar-refractivity contribution in [3.8, 4) is 22.6 Å². The number of halogens is 2. The number of Topliss-reactive ketones (excluding diaryl/α,β-unsaturated/α-hetero) is 2. The predicted octanol–water partition coefficient (Wildman–Crippen LogP) is 8.65. The number of rotatable bonds is 13. The van der Waals surface area contributed by atoms with E-state index in [9.17, 15) is 19.2 Å². The SMILES string of the molecule is COc1cc(-c2ccc(NC(=O)C(N=Nc3cc(Cl)ccc3C)C(C)=O)c(OC)c2)ccc1NC(=O)C(N=Nc1cc(Cl)ccc1C)C(C)=O. The van der Waals surface area contributed by atoms with Crippen LogP contribution in [-0.2, 0) is 19.2 Å². The van der Waals surface area contributed by atoms with Gasteiger partial charge in [0.2, 0.25) is 12.1 Å². The van der Waals surface area contributed by atoms with Crippen LogP contribution in [0.25, 0.3) is 11.1 Å². The van der Waals surface area contributed by atoms with Crippen LogP contribution in [0.5, 0.6) is 11.5 Å². The highest BCUT2D eigenvalue weighted by Gasteiger charge is 2.26. The number of nitrogens with zero attached hydrogens (tertiary/aromatic N) is 4. The van der Waals surface area contributed by atoms with Crippen molar-refractivity contribution in [3.63, 3.8) is 0 Å². The van der Waals surface area contributed by atoms with Gasteiger partial charge in [-0.1, -0.05) is 47.5 Å². The average Bonchev–Trinajstić information content (AvgIpc) is 3.08.